The van der Waals surface area contributed by atoms with Gasteiger partial charge in [0.25, 0.3) is 0 Å². The van der Waals surface area contributed by atoms with Crippen LogP contribution in [0, 0.1) is 12.8 Å². The van der Waals surface area contributed by atoms with E-state index in [1.54, 1.807) is 6.20 Å². The average molecular weight is 244 g/mol. The minimum atomic E-state index is 0.177. The van der Waals surface area contributed by atoms with E-state index in [0.717, 1.165) is 24.2 Å². The Labute approximate surface area is 106 Å². The van der Waals surface area contributed by atoms with Gasteiger partial charge in [0.15, 0.2) is 0 Å². The number of nitrogens with zero attached hydrogens (tertiary/aromatic N) is 3. The van der Waals surface area contributed by atoms with Gasteiger partial charge in [-0.1, -0.05) is 12.1 Å². The van der Waals surface area contributed by atoms with E-state index in [1.807, 2.05) is 19.1 Å². The maximum absolute atomic E-state index is 5.35. The van der Waals surface area contributed by atoms with Crippen LogP contribution in [0.25, 0.3) is 11.5 Å². The zero-order chi connectivity index (χ0) is 12.5. The molecule has 0 amide bonds. The van der Waals surface area contributed by atoms with E-state index in [4.69, 9.17) is 4.52 Å². The molecule has 0 saturated carbocycles. The molecule has 1 saturated heterocycles. The zero-order valence-electron chi connectivity index (χ0n) is 10.6. The first-order valence-electron chi connectivity index (χ1n) is 6.24. The van der Waals surface area contributed by atoms with E-state index < -0.39 is 0 Å². The predicted octanol–water partition coefficient (Wildman–Crippen LogP) is 2.11. The number of nitrogens with one attached hydrogen (secondary N) is 1. The molecule has 1 fully saturated rings. The number of hydrogen-bond acceptors (Lipinski definition) is 5. The van der Waals surface area contributed by atoms with Crippen LogP contribution >= 0.6 is 0 Å². The quantitative estimate of drug-likeness (QED) is 0.876. The number of hydrogen-bond donors (Lipinski definition) is 1. The molecule has 0 bridgehead atoms. The Morgan fingerprint density at radius 3 is 3.06 bits per heavy atom. The molecule has 3 rings (SSSR count). The van der Waals surface area contributed by atoms with Gasteiger partial charge in [-0.25, -0.2) is 0 Å². The number of pyridine rings is 1. The highest BCUT2D eigenvalue weighted by Gasteiger charge is 2.29. The van der Waals surface area contributed by atoms with Gasteiger partial charge in [-0.15, -0.1) is 0 Å². The monoisotopic (exact) mass is 244 g/mol. The summed E-state index contributed by atoms with van der Waals surface area (Å²) in [6.07, 6.45) is 2.90. The van der Waals surface area contributed by atoms with Crippen LogP contribution in [-0.2, 0) is 0 Å². The lowest BCUT2D eigenvalue weighted by molar-refractivity contribution is 0.319. The number of aryl methyl sites for hydroxylation is 1. The third kappa shape index (κ3) is 2.01. The van der Waals surface area contributed by atoms with Crippen LogP contribution in [0.15, 0.2) is 22.9 Å². The van der Waals surface area contributed by atoms with Crippen molar-refractivity contribution in [2.24, 2.45) is 5.92 Å². The van der Waals surface area contributed by atoms with Crippen LogP contribution in [0.2, 0.25) is 0 Å². The molecule has 0 radical (unpaired) electrons. The Hall–Kier alpha value is -1.75. The summed E-state index contributed by atoms with van der Waals surface area (Å²) >= 11 is 0. The van der Waals surface area contributed by atoms with Crippen LogP contribution in [-0.4, -0.2) is 21.7 Å². The molecular formula is C13H16N4O. The van der Waals surface area contributed by atoms with Crippen LogP contribution in [0.3, 0.4) is 0 Å². The molecule has 3 heterocycles. The third-order valence-electron chi connectivity index (χ3n) is 3.39. The summed E-state index contributed by atoms with van der Waals surface area (Å²) < 4.78 is 5.35. The molecular weight excluding hydrogens is 228 g/mol. The highest BCUT2D eigenvalue weighted by molar-refractivity contribution is 5.49. The Kier molecular flexibility index (Phi) is 2.83. The first-order valence-corrected chi connectivity index (χ1v) is 6.24. The Bertz CT molecular complexity index is 551. The summed E-state index contributed by atoms with van der Waals surface area (Å²) in [5, 5.41) is 7.40. The van der Waals surface area contributed by atoms with Gasteiger partial charge in [0.1, 0.15) is 5.69 Å². The van der Waals surface area contributed by atoms with Gasteiger partial charge < -0.3 is 9.84 Å². The van der Waals surface area contributed by atoms with Crippen molar-refractivity contribution in [3.63, 3.8) is 0 Å². The molecule has 2 aromatic rings. The maximum Gasteiger partial charge on any atom is 0.244 e. The molecule has 0 aromatic carbocycles. The minimum absolute atomic E-state index is 0.177. The van der Waals surface area contributed by atoms with Crippen molar-refractivity contribution in [3.05, 3.63) is 29.8 Å². The van der Waals surface area contributed by atoms with E-state index >= 15 is 0 Å². The van der Waals surface area contributed by atoms with Crippen molar-refractivity contribution in [1.29, 1.82) is 0 Å². The molecule has 5 heteroatoms. The van der Waals surface area contributed by atoms with Crippen molar-refractivity contribution in [3.8, 4) is 11.5 Å². The van der Waals surface area contributed by atoms with Gasteiger partial charge in [-0.3, -0.25) is 4.98 Å². The largest absolute Gasteiger partial charge is 0.337 e. The fourth-order valence-electron chi connectivity index (χ4n) is 2.29. The van der Waals surface area contributed by atoms with Gasteiger partial charge in [-0.2, -0.15) is 4.98 Å². The molecule has 0 spiro atoms. The highest BCUT2D eigenvalue weighted by atomic mass is 16.5. The summed E-state index contributed by atoms with van der Waals surface area (Å²) in [6, 6.07) is 4.08. The first-order chi connectivity index (χ1) is 8.74. The molecule has 5 nitrogen and oxygen atoms in total. The van der Waals surface area contributed by atoms with Crippen molar-refractivity contribution >= 4 is 0 Å². The Morgan fingerprint density at radius 1 is 1.44 bits per heavy atom. The second-order valence-corrected chi connectivity index (χ2v) is 4.87. The normalized spacial score (nSPS) is 23.4. The third-order valence-corrected chi connectivity index (χ3v) is 3.39. The van der Waals surface area contributed by atoms with Crippen molar-refractivity contribution in [2.45, 2.75) is 26.3 Å². The summed E-state index contributed by atoms with van der Waals surface area (Å²) in [7, 11) is 0. The summed E-state index contributed by atoms with van der Waals surface area (Å²) in [5.41, 5.74) is 1.90. The van der Waals surface area contributed by atoms with E-state index in [2.05, 4.69) is 27.4 Å². The number of aromatic nitrogens is 3. The summed E-state index contributed by atoms with van der Waals surface area (Å²) in [5.74, 6) is 1.76. The molecule has 18 heavy (non-hydrogen) atoms. The molecule has 2 unspecified atom stereocenters. The average Bonchev–Trinajstić information content (AvgIpc) is 2.97. The maximum atomic E-state index is 5.35. The standard InChI is InChI=1S/C13H16N4O/c1-8-3-5-14-10(7-8)12-16-13(18-17-12)11-9(2)4-6-15-11/h3,5,7,9,11,15H,4,6H2,1-2H3. The Morgan fingerprint density at radius 2 is 2.33 bits per heavy atom. The van der Waals surface area contributed by atoms with E-state index in [1.165, 1.54) is 0 Å². The second-order valence-electron chi connectivity index (χ2n) is 4.87. The van der Waals surface area contributed by atoms with Crippen LogP contribution in [0.1, 0.15) is 30.8 Å². The highest BCUT2D eigenvalue weighted by Crippen LogP contribution is 2.28. The lowest BCUT2D eigenvalue weighted by Gasteiger charge is -2.09. The van der Waals surface area contributed by atoms with Gasteiger partial charge >= 0.3 is 0 Å². The molecule has 0 aliphatic carbocycles. The Balaban J connectivity index is 1.89. The van der Waals surface area contributed by atoms with Crippen LogP contribution in [0.5, 0.6) is 0 Å². The fourth-order valence-corrected chi connectivity index (χ4v) is 2.29. The predicted molar refractivity (Wildman–Crippen MR) is 66.8 cm³/mol. The van der Waals surface area contributed by atoms with Crippen molar-refractivity contribution in [1.82, 2.24) is 20.4 Å². The molecule has 1 aliphatic rings. The molecule has 2 atom stereocenters. The molecule has 1 aliphatic heterocycles. The second kappa shape index (κ2) is 4.49. The fraction of sp³-hybridized carbons (Fsp3) is 0.462. The van der Waals surface area contributed by atoms with Crippen molar-refractivity contribution < 1.29 is 4.52 Å². The molecule has 2 aromatic heterocycles. The molecule has 1 N–H and O–H groups in total. The minimum Gasteiger partial charge on any atom is -0.337 e. The van der Waals surface area contributed by atoms with Gasteiger partial charge in [0.2, 0.25) is 11.7 Å². The number of rotatable bonds is 2. The summed E-state index contributed by atoms with van der Waals surface area (Å²) in [4.78, 5) is 8.71. The van der Waals surface area contributed by atoms with Crippen molar-refractivity contribution in [2.75, 3.05) is 6.54 Å². The van der Waals surface area contributed by atoms with Gasteiger partial charge in [0.05, 0.1) is 6.04 Å². The molecule has 94 valence electrons. The zero-order valence-corrected chi connectivity index (χ0v) is 10.6. The van der Waals surface area contributed by atoms with Crippen LogP contribution < -0.4 is 5.32 Å². The van der Waals surface area contributed by atoms with Gasteiger partial charge in [0, 0.05) is 6.20 Å². The van der Waals surface area contributed by atoms with Crippen LogP contribution in [0.4, 0.5) is 0 Å². The smallest absolute Gasteiger partial charge is 0.244 e. The lowest BCUT2D eigenvalue weighted by Crippen LogP contribution is -2.16. The van der Waals surface area contributed by atoms with E-state index in [0.29, 0.717) is 17.6 Å². The van der Waals surface area contributed by atoms with E-state index in [-0.39, 0.29) is 6.04 Å². The SMILES string of the molecule is Cc1ccnc(-c2noc(C3NCCC3C)n2)c1. The van der Waals surface area contributed by atoms with Gasteiger partial charge in [-0.05, 0) is 43.5 Å². The summed E-state index contributed by atoms with van der Waals surface area (Å²) in [6.45, 7) is 5.22. The topological polar surface area (TPSA) is 63.8 Å². The van der Waals surface area contributed by atoms with E-state index in [9.17, 15) is 0 Å². The first kappa shape index (κ1) is 11.3. The lowest BCUT2D eigenvalue weighted by atomic mass is 10.0.